The zero-order chi connectivity index (χ0) is 17.4. The Balaban J connectivity index is 1.74. The highest BCUT2D eigenvalue weighted by molar-refractivity contribution is 5.67. The van der Waals surface area contributed by atoms with E-state index in [4.69, 9.17) is 4.74 Å². The molecular weight excluding hydrogens is 314 g/mol. The molecule has 4 heteroatoms. The number of β-amino-alcohol motifs (C(OH)–C–C–N with tert-alkyl or cyclic N) is 1. The normalized spacial score (nSPS) is 21.1. The SMILES string of the molecule is CCCCCN1CC(O)(c2cc3c(cc2O)OCC3)c2ccccc21. The van der Waals surface area contributed by atoms with Crippen molar-refractivity contribution in [2.24, 2.45) is 0 Å². The first-order valence-electron chi connectivity index (χ1n) is 9.19. The van der Waals surface area contributed by atoms with Crippen LogP contribution in [0.4, 0.5) is 5.69 Å². The van der Waals surface area contributed by atoms with E-state index in [-0.39, 0.29) is 5.75 Å². The monoisotopic (exact) mass is 339 g/mol. The Kier molecular flexibility index (Phi) is 4.08. The van der Waals surface area contributed by atoms with Crippen LogP contribution in [0.2, 0.25) is 0 Å². The number of phenolic OH excluding ortho intramolecular Hbond substituents is 1. The van der Waals surface area contributed by atoms with Crippen LogP contribution in [0.1, 0.15) is 42.9 Å². The number of aliphatic hydroxyl groups is 1. The van der Waals surface area contributed by atoms with Gasteiger partial charge in [-0.05, 0) is 24.1 Å². The molecule has 0 saturated heterocycles. The van der Waals surface area contributed by atoms with E-state index in [1.807, 2.05) is 24.3 Å². The summed E-state index contributed by atoms with van der Waals surface area (Å²) in [6.45, 7) is 4.22. The first-order valence-corrected chi connectivity index (χ1v) is 9.19. The number of nitrogens with zero attached hydrogens (tertiary/aromatic N) is 1. The van der Waals surface area contributed by atoms with Crippen molar-refractivity contribution in [3.8, 4) is 11.5 Å². The summed E-state index contributed by atoms with van der Waals surface area (Å²) >= 11 is 0. The topological polar surface area (TPSA) is 52.9 Å². The molecule has 4 nitrogen and oxygen atoms in total. The molecule has 0 saturated carbocycles. The van der Waals surface area contributed by atoms with Gasteiger partial charge < -0.3 is 19.8 Å². The summed E-state index contributed by atoms with van der Waals surface area (Å²) in [6, 6.07) is 11.6. The molecule has 0 aromatic heterocycles. The summed E-state index contributed by atoms with van der Waals surface area (Å²) in [6.07, 6.45) is 4.27. The van der Waals surface area contributed by atoms with Gasteiger partial charge in [0.15, 0.2) is 0 Å². The standard InChI is InChI=1S/C21H25NO3/c1-2-3-6-10-22-14-21(24,16-7-4-5-8-18(16)22)17-12-15-9-11-25-20(15)13-19(17)23/h4-5,7-8,12-13,23-24H,2-3,6,9-11,14H2,1H3. The van der Waals surface area contributed by atoms with E-state index in [0.717, 1.165) is 42.0 Å². The van der Waals surface area contributed by atoms with Crippen molar-refractivity contribution in [1.29, 1.82) is 0 Å². The van der Waals surface area contributed by atoms with E-state index in [9.17, 15) is 10.2 Å². The lowest BCUT2D eigenvalue weighted by atomic mass is 9.86. The van der Waals surface area contributed by atoms with Gasteiger partial charge in [0.2, 0.25) is 0 Å². The Morgan fingerprint density at radius 1 is 1.16 bits per heavy atom. The van der Waals surface area contributed by atoms with Gasteiger partial charge in [0.25, 0.3) is 0 Å². The summed E-state index contributed by atoms with van der Waals surface area (Å²) in [5.74, 6) is 0.837. The highest BCUT2D eigenvalue weighted by atomic mass is 16.5. The van der Waals surface area contributed by atoms with Gasteiger partial charge in [-0.3, -0.25) is 0 Å². The number of unbranched alkanes of at least 4 members (excludes halogenated alkanes) is 2. The minimum atomic E-state index is -1.19. The van der Waals surface area contributed by atoms with Gasteiger partial charge in [-0.25, -0.2) is 0 Å². The van der Waals surface area contributed by atoms with Gasteiger partial charge in [-0.15, -0.1) is 0 Å². The van der Waals surface area contributed by atoms with Gasteiger partial charge >= 0.3 is 0 Å². The van der Waals surface area contributed by atoms with Crippen molar-refractivity contribution in [3.05, 3.63) is 53.1 Å². The fourth-order valence-electron chi connectivity index (χ4n) is 4.07. The van der Waals surface area contributed by atoms with Crippen molar-refractivity contribution in [2.45, 2.75) is 38.2 Å². The molecule has 1 unspecified atom stereocenters. The fraction of sp³-hybridized carbons (Fsp3) is 0.429. The summed E-state index contributed by atoms with van der Waals surface area (Å²) in [5, 5.41) is 22.2. The molecule has 2 aromatic rings. The molecule has 1 atom stereocenters. The maximum Gasteiger partial charge on any atom is 0.138 e. The van der Waals surface area contributed by atoms with Crippen LogP contribution in [0.25, 0.3) is 0 Å². The highest BCUT2D eigenvalue weighted by Crippen LogP contribution is 2.47. The van der Waals surface area contributed by atoms with Gasteiger partial charge in [0.05, 0.1) is 13.2 Å². The molecule has 0 spiro atoms. The Bertz CT molecular complexity index is 789. The van der Waals surface area contributed by atoms with Crippen molar-refractivity contribution in [1.82, 2.24) is 0 Å². The van der Waals surface area contributed by atoms with Gasteiger partial charge in [0.1, 0.15) is 17.1 Å². The first kappa shape index (κ1) is 16.3. The molecule has 2 aliphatic heterocycles. The molecule has 0 aliphatic carbocycles. The fourth-order valence-corrected chi connectivity index (χ4v) is 4.07. The number of hydrogen-bond acceptors (Lipinski definition) is 4. The Hall–Kier alpha value is -2.20. The van der Waals surface area contributed by atoms with E-state index in [0.29, 0.717) is 18.7 Å². The third-order valence-electron chi connectivity index (χ3n) is 5.39. The van der Waals surface area contributed by atoms with Gasteiger partial charge in [0, 0.05) is 35.8 Å². The molecular formula is C21H25NO3. The van der Waals surface area contributed by atoms with Crippen LogP contribution >= 0.6 is 0 Å². The molecule has 2 aliphatic rings. The maximum atomic E-state index is 11.6. The average molecular weight is 339 g/mol. The number of para-hydroxylation sites is 1. The molecule has 0 radical (unpaired) electrons. The number of ether oxygens (including phenoxy) is 1. The minimum absolute atomic E-state index is 0.105. The van der Waals surface area contributed by atoms with Gasteiger partial charge in [-0.1, -0.05) is 38.0 Å². The number of benzene rings is 2. The van der Waals surface area contributed by atoms with Crippen LogP contribution < -0.4 is 9.64 Å². The quantitative estimate of drug-likeness (QED) is 0.818. The molecule has 0 bridgehead atoms. The Morgan fingerprint density at radius 2 is 2.00 bits per heavy atom. The second-order valence-corrected chi connectivity index (χ2v) is 7.08. The number of fused-ring (bicyclic) bond motifs is 2. The molecule has 0 fully saturated rings. The van der Waals surface area contributed by atoms with Gasteiger partial charge in [-0.2, -0.15) is 0 Å². The predicted octanol–water partition coefficient (Wildman–Crippen LogP) is 3.57. The second-order valence-electron chi connectivity index (χ2n) is 7.08. The minimum Gasteiger partial charge on any atom is -0.507 e. The van der Waals surface area contributed by atoms with Crippen LogP contribution in [-0.2, 0) is 12.0 Å². The van der Waals surface area contributed by atoms with Crippen LogP contribution in [0, 0.1) is 0 Å². The van der Waals surface area contributed by atoms with E-state index >= 15 is 0 Å². The van der Waals surface area contributed by atoms with Crippen molar-refractivity contribution in [2.75, 3.05) is 24.6 Å². The lowest BCUT2D eigenvalue weighted by Crippen LogP contribution is -2.35. The van der Waals surface area contributed by atoms with Crippen LogP contribution in [0.5, 0.6) is 11.5 Å². The number of anilines is 1. The predicted molar refractivity (Wildman–Crippen MR) is 98.5 cm³/mol. The smallest absolute Gasteiger partial charge is 0.138 e. The third kappa shape index (κ3) is 2.65. The highest BCUT2D eigenvalue weighted by Gasteiger charge is 2.44. The van der Waals surface area contributed by atoms with E-state index < -0.39 is 5.60 Å². The van der Waals surface area contributed by atoms with E-state index in [1.54, 1.807) is 6.07 Å². The first-order chi connectivity index (χ1) is 12.1. The Labute approximate surface area is 148 Å². The number of hydrogen-bond donors (Lipinski definition) is 2. The van der Waals surface area contributed by atoms with Crippen molar-refractivity contribution in [3.63, 3.8) is 0 Å². The van der Waals surface area contributed by atoms with Crippen LogP contribution in [-0.4, -0.2) is 29.9 Å². The molecule has 2 N–H and O–H groups in total. The van der Waals surface area contributed by atoms with Crippen LogP contribution in [0.3, 0.4) is 0 Å². The lowest BCUT2D eigenvalue weighted by molar-refractivity contribution is 0.0949. The van der Waals surface area contributed by atoms with Crippen molar-refractivity contribution < 1.29 is 14.9 Å². The molecule has 2 heterocycles. The maximum absolute atomic E-state index is 11.6. The molecule has 4 rings (SSSR count). The Morgan fingerprint density at radius 3 is 2.84 bits per heavy atom. The molecule has 0 amide bonds. The number of rotatable bonds is 5. The summed E-state index contributed by atoms with van der Waals surface area (Å²) < 4.78 is 5.53. The number of aromatic hydroxyl groups is 1. The number of phenols is 1. The zero-order valence-corrected chi connectivity index (χ0v) is 14.7. The molecule has 132 valence electrons. The average Bonchev–Trinajstić information content (AvgIpc) is 3.18. The van der Waals surface area contributed by atoms with E-state index in [2.05, 4.69) is 17.9 Å². The lowest BCUT2D eigenvalue weighted by Gasteiger charge is -2.27. The summed E-state index contributed by atoms with van der Waals surface area (Å²) in [7, 11) is 0. The zero-order valence-electron chi connectivity index (χ0n) is 14.7. The molecule has 2 aromatic carbocycles. The largest absolute Gasteiger partial charge is 0.507 e. The summed E-state index contributed by atoms with van der Waals surface area (Å²) in [4.78, 5) is 2.24. The van der Waals surface area contributed by atoms with Crippen molar-refractivity contribution >= 4 is 5.69 Å². The van der Waals surface area contributed by atoms with Crippen LogP contribution in [0.15, 0.2) is 36.4 Å². The second kappa shape index (κ2) is 6.26. The third-order valence-corrected chi connectivity index (χ3v) is 5.39. The summed E-state index contributed by atoms with van der Waals surface area (Å²) in [5.41, 5.74) is 2.40. The van der Waals surface area contributed by atoms with E-state index in [1.165, 1.54) is 12.8 Å². The molecule has 25 heavy (non-hydrogen) atoms.